The molecule has 0 aliphatic heterocycles. The van der Waals surface area contributed by atoms with Crippen LogP contribution in [0, 0.1) is 5.92 Å². The van der Waals surface area contributed by atoms with E-state index >= 15 is 0 Å². The maximum atomic E-state index is 13.6. The molecule has 4 aromatic rings. The van der Waals surface area contributed by atoms with Gasteiger partial charge >= 0.3 is 6.36 Å². The molecule has 0 aliphatic carbocycles. The summed E-state index contributed by atoms with van der Waals surface area (Å²) in [6.07, 6.45) is -3.90. The molecular formula is C36H43F3N4O7S2. The molecular weight excluding hydrogens is 722 g/mol. The minimum absolute atomic E-state index is 0.0358. The van der Waals surface area contributed by atoms with Crippen LogP contribution in [0.1, 0.15) is 38.7 Å². The molecule has 1 amide bonds. The number of nitrogen functional groups attached to an aromatic ring is 1. The summed E-state index contributed by atoms with van der Waals surface area (Å²) in [7, 11) is -8.34. The summed E-state index contributed by atoms with van der Waals surface area (Å²) in [6, 6.07) is 20.4. The number of aliphatic hydroxyl groups excluding tert-OH is 1. The number of carbonyl (C=O) groups is 1. The van der Waals surface area contributed by atoms with E-state index in [1.807, 2.05) is 50.2 Å². The van der Waals surface area contributed by atoms with Crippen LogP contribution in [-0.2, 0) is 31.3 Å². The Balaban J connectivity index is 1.44. The molecule has 0 spiro atoms. The highest BCUT2D eigenvalue weighted by atomic mass is 32.2. The number of benzene rings is 4. The third kappa shape index (κ3) is 11.4. The summed E-state index contributed by atoms with van der Waals surface area (Å²) >= 11 is 0. The van der Waals surface area contributed by atoms with Crippen molar-refractivity contribution >= 4 is 42.4 Å². The summed E-state index contributed by atoms with van der Waals surface area (Å²) in [5.74, 6) is -1.28. The van der Waals surface area contributed by atoms with E-state index in [4.69, 9.17) is 5.73 Å². The fourth-order valence-electron chi connectivity index (χ4n) is 5.61. The molecule has 0 heterocycles. The summed E-state index contributed by atoms with van der Waals surface area (Å²) < 4.78 is 99.1. The first kappa shape index (κ1) is 40.5. The van der Waals surface area contributed by atoms with Crippen LogP contribution < -0.4 is 20.5 Å². The maximum absolute atomic E-state index is 13.6. The molecule has 2 atom stereocenters. The van der Waals surface area contributed by atoms with Gasteiger partial charge in [0.2, 0.25) is 26.0 Å². The zero-order chi connectivity index (χ0) is 38.1. The molecule has 52 heavy (non-hydrogen) atoms. The van der Waals surface area contributed by atoms with Gasteiger partial charge in [0.05, 0.1) is 16.4 Å². The maximum Gasteiger partial charge on any atom is 0.573 e. The molecule has 0 aromatic heterocycles. The monoisotopic (exact) mass is 764 g/mol. The van der Waals surface area contributed by atoms with Crippen molar-refractivity contribution in [1.82, 2.24) is 14.3 Å². The first-order valence-electron chi connectivity index (χ1n) is 16.6. The second kappa shape index (κ2) is 17.5. The molecule has 0 saturated carbocycles. The lowest BCUT2D eigenvalue weighted by molar-refractivity contribution is -0.274. The Morgan fingerprint density at radius 2 is 1.52 bits per heavy atom. The molecule has 4 rings (SSSR count). The molecule has 0 fully saturated rings. The van der Waals surface area contributed by atoms with Gasteiger partial charge in [-0.1, -0.05) is 62.7 Å². The van der Waals surface area contributed by atoms with Crippen molar-refractivity contribution in [3.05, 3.63) is 96.6 Å². The number of nitrogens with one attached hydrogen (secondary N) is 2. The van der Waals surface area contributed by atoms with Crippen molar-refractivity contribution in [3.8, 4) is 5.75 Å². The van der Waals surface area contributed by atoms with E-state index in [0.29, 0.717) is 24.1 Å². The Labute approximate surface area is 302 Å². The Kier molecular flexibility index (Phi) is 13.7. The van der Waals surface area contributed by atoms with Gasteiger partial charge in [0.25, 0.3) is 0 Å². The molecule has 16 heteroatoms. The average Bonchev–Trinajstić information content (AvgIpc) is 3.08. The zero-order valence-corrected chi connectivity index (χ0v) is 30.3. The quantitative estimate of drug-likeness (QED) is 0.0792. The zero-order valence-electron chi connectivity index (χ0n) is 28.7. The van der Waals surface area contributed by atoms with Crippen LogP contribution in [0.2, 0.25) is 0 Å². The van der Waals surface area contributed by atoms with E-state index < -0.39 is 56.8 Å². The number of carbonyl (C=O) groups excluding carboxylic acids is 1. The fraction of sp³-hybridized carbons (Fsp3) is 0.361. The number of hydrogen-bond donors (Lipinski definition) is 4. The van der Waals surface area contributed by atoms with Crippen molar-refractivity contribution < 1.29 is 44.6 Å². The lowest BCUT2D eigenvalue weighted by Gasteiger charge is -2.31. The Bertz CT molecular complexity index is 2010. The molecule has 0 radical (unpaired) electrons. The smallest absolute Gasteiger partial charge is 0.406 e. The number of fused-ring (bicyclic) bond motifs is 1. The lowest BCUT2D eigenvalue weighted by atomic mass is 10.0. The predicted octanol–water partition coefficient (Wildman–Crippen LogP) is 5.20. The van der Waals surface area contributed by atoms with Gasteiger partial charge in [0.15, 0.2) is 0 Å². The molecule has 0 saturated heterocycles. The molecule has 282 valence electrons. The molecule has 0 aliphatic rings. The molecule has 5 N–H and O–H groups in total. The van der Waals surface area contributed by atoms with Gasteiger partial charge in [0, 0.05) is 24.8 Å². The van der Waals surface area contributed by atoms with Crippen molar-refractivity contribution in [3.63, 3.8) is 0 Å². The minimum atomic E-state index is -4.95. The number of aliphatic hydroxyl groups is 1. The molecule has 11 nitrogen and oxygen atoms in total. The summed E-state index contributed by atoms with van der Waals surface area (Å²) in [5, 5.41) is 14.8. The number of halogens is 3. The van der Waals surface area contributed by atoms with Crippen LogP contribution in [-0.4, -0.2) is 70.3 Å². The average molecular weight is 765 g/mol. The number of sulfonamides is 2. The van der Waals surface area contributed by atoms with Crippen molar-refractivity contribution in [2.24, 2.45) is 5.92 Å². The Morgan fingerprint density at radius 3 is 2.13 bits per heavy atom. The van der Waals surface area contributed by atoms with Gasteiger partial charge in [-0.2, -0.15) is 9.03 Å². The fourth-order valence-corrected chi connectivity index (χ4v) is 8.61. The first-order valence-corrected chi connectivity index (χ1v) is 19.5. The number of hydrogen-bond acceptors (Lipinski definition) is 8. The van der Waals surface area contributed by atoms with Crippen molar-refractivity contribution in [2.75, 3.05) is 25.4 Å². The lowest BCUT2D eigenvalue weighted by Crippen LogP contribution is -2.48. The summed E-state index contributed by atoms with van der Waals surface area (Å²) in [6.45, 7) is 3.60. The Morgan fingerprint density at radius 1 is 0.885 bits per heavy atom. The highest BCUT2D eigenvalue weighted by molar-refractivity contribution is 7.89. The van der Waals surface area contributed by atoms with Crippen molar-refractivity contribution in [2.45, 2.75) is 67.8 Å². The molecule has 4 aromatic carbocycles. The first-order chi connectivity index (χ1) is 24.5. The van der Waals surface area contributed by atoms with Gasteiger partial charge in [-0.15, -0.1) is 13.2 Å². The topological polar surface area (TPSA) is 168 Å². The number of rotatable bonds is 18. The third-order valence-electron chi connectivity index (χ3n) is 8.15. The van der Waals surface area contributed by atoms with E-state index in [1.165, 1.54) is 28.6 Å². The van der Waals surface area contributed by atoms with Gasteiger partial charge in [-0.3, -0.25) is 4.79 Å². The van der Waals surface area contributed by atoms with Crippen LogP contribution in [0.15, 0.2) is 101 Å². The second-order valence-corrected chi connectivity index (χ2v) is 16.3. The van der Waals surface area contributed by atoms with E-state index in [1.54, 1.807) is 6.07 Å². The van der Waals surface area contributed by atoms with E-state index in [2.05, 4.69) is 14.8 Å². The predicted molar refractivity (Wildman–Crippen MR) is 192 cm³/mol. The SMILES string of the molecule is CC(C)CN([C@H](CO)CCCCNC(=O)C(Cc1ccc2ccccc2c1)NS(=O)(=O)c1ccc(OC(F)(F)F)cc1)S(=O)(=O)c1ccc(N)cc1. The third-order valence-corrected chi connectivity index (χ3v) is 11.6. The second-order valence-electron chi connectivity index (χ2n) is 12.7. The largest absolute Gasteiger partial charge is 0.573 e. The highest BCUT2D eigenvalue weighted by Crippen LogP contribution is 2.25. The van der Waals surface area contributed by atoms with E-state index in [9.17, 15) is 39.9 Å². The normalized spacial score (nSPS) is 13.7. The Hall–Kier alpha value is -4.22. The van der Waals surface area contributed by atoms with E-state index in [-0.39, 0.29) is 41.6 Å². The van der Waals surface area contributed by atoms with Crippen LogP contribution >= 0.6 is 0 Å². The van der Waals surface area contributed by atoms with Gasteiger partial charge in [-0.25, -0.2) is 16.8 Å². The molecule has 0 bridgehead atoms. The minimum Gasteiger partial charge on any atom is -0.406 e. The number of amides is 1. The van der Waals surface area contributed by atoms with Gasteiger partial charge in [-0.05, 0) is 90.0 Å². The number of alkyl halides is 3. The standard InChI is InChI=1S/C36H43F3N4O7S2/c1-25(2)23-43(52(48,49)33-16-12-29(40)13-17-33)30(24-44)9-5-6-20-41-35(45)34(22-26-10-11-27-7-3-4-8-28(27)21-26)42-51(46,47)32-18-14-31(15-19-32)50-36(37,38)39/h3-4,7-8,10-19,21,25,30,34,42,44H,5-6,9,20,22-24,40H2,1-2H3,(H,41,45)/t30-,34?/m0/s1. The van der Waals surface area contributed by atoms with Crippen LogP contribution in [0.25, 0.3) is 10.8 Å². The number of nitrogens with zero attached hydrogens (tertiary/aromatic N) is 1. The van der Waals surface area contributed by atoms with Crippen molar-refractivity contribution in [1.29, 1.82) is 0 Å². The van der Waals surface area contributed by atoms with Gasteiger partial charge < -0.3 is 20.9 Å². The molecule has 1 unspecified atom stereocenters. The number of unbranched alkanes of at least 4 members (excludes halogenated alkanes) is 1. The summed E-state index contributed by atoms with van der Waals surface area (Å²) in [5.41, 5.74) is 6.81. The highest BCUT2D eigenvalue weighted by Gasteiger charge is 2.33. The summed E-state index contributed by atoms with van der Waals surface area (Å²) in [4.78, 5) is 13.2. The van der Waals surface area contributed by atoms with Gasteiger partial charge in [0.1, 0.15) is 11.8 Å². The number of anilines is 1. The number of ether oxygens (including phenoxy) is 1. The number of nitrogens with two attached hydrogens (primary N) is 1. The van der Waals surface area contributed by atoms with Crippen LogP contribution in [0.5, 0.6) is 5.75 Å². The van der Waals surface area contributed by atoms with Crippen LogP contribution in [0.4, 0.5) is 18.9 Å². The van der Waals surface area contributed by atoms with E-state index in [0.717, 1.165) is 35.0 Å². The van der Waals surface area contributed by atoms with Crippen LogP contribution in [0.3, 0.4) is 0 Å².